The first-order valence-electron chi connectivity index (χ1n) is 8.27. The molecule has 1 atom stereocenters. The average Bonchev–Trinajstić information content (AvgIpc) is 2.57. The van der Waals surface area contributed by atoms with E-state index in [4.69, 9.17) is 23.8 Å². The van der Waals surface area contributed by atoms with Gasteiger partial charge in [0.15, 0.2) is 5.11 Å². The van der Waals surface area contributed by atoms with Crippen molar-refractivity contribution in [1.29, 1.82) is 0 Å². The molecule has 0 aromatic heterocycles. The van der Waals surface area contributed by atoms with Crippen molar-refractivity contribution in [2.45, 2.75) is 26.8 Å². The van der Waals surface area contributed by atoms with E-state index in [9.17, 15) is 4.79 Å². The summed E-state index contributed by atoms with van der Waals surface area (Å²) in [5, 5.41) is 10.4. The van der Waals surface area contributed by atoms with Gasteiger partial charge >= 0.3 is 0 Å². The van der Waals surface area contributed by atoms with Crippen LogP contribution in [0, 0.1) is 13.8 Å². The maximum absolute atomic E-state index is 13.1. The summed E-state index contributed by atoms with van der Waals surface area (Å²) >= 11 is 11.3. The van der Waals surface area contributed by atoms with Crippen LogP contribution in [-0.4, -0.2) is 11.0 Å². The van der Waals surface area contributed by atoms with E-state index in [1.54, 1.807) is 12.1 Å². The number of benzene rings is 2. The van der Waals surface area contributed by atoms with Crippen molar-refractivity contribution < 1.29 is 4.79 Å². The second-order valence-electron chi connectivity index (χ2n) is 6.39. The van der Waals surface area contributed by atoms with Crippen LogP contribution in [-0.2, 0) is 4.79 Å². The first kappa shape index (κ1) is 18.4. The van der Waals surface area contributed by atoms with E-state index in [0.717, 1.165) is 28.1 Å². The van der Waals surface area contributed by atoms with Gasteiger partial charge in [-0.3, -0.25) is 4.79 Å². The van der Waals surface area contributed by atoms with E-state index in [-0.39, 0.29) is 11.9 Å². The average molecular weight is 386 g/mol. The lowest BCUT2D eigenvalue weighted by molar-refractivity contribution is -0.113. The number of rotatable bonds is 3. The number of nitrogens with one attached hydrogen (secondary N) is 3. The molecule has 1 amide bonds. The molecule has 0 radical (unpaired) electrons. The van der Waals surface area contributed by atoms with Crippen LogP contribution in [0.15, 0.2) is 53.7 Å². The highest BCUT2D eigenvalue weighted by molar-refractivity contribution is 7.80. The Labute approximate surface area is 163 Å². The second-order valence-corrected chi connectivity index (χ2v) is 7.24. The molecular weight excluding hydrogens is 366 g/mol. The maximum atomic E-state index is 13.1. The standard InChI is InChI=1S/C20H20ClN3OS/c1-11-4-9-16(12(2)10-11)23-19(25)17-13(3)22-20(26)24-18(17)14-5-7-15(21)8-6-14/h4-10,18H,1-3H3,(H,23,25)(H2,22,24,26)/t18-/m1/s1. The molecule has 0 saturated carbocycles. The minimum atomic E-state index is -0.341. The second kappa shape index (κ2) is 7.48. The minimum Gasteiger partial charge on any atom is -0.351 e. The van der Waals surface area contributed by atoms with Crippen molar-refractivity contribution in [1.82, 2.24) is 10.6 Å². The first-order valence-corrected chi connectivity index (χ1v) is 9.06. The van der Waals surface area contributed by atoms with Gasteiger partial charge in [0.2, 0.25) is 0 Å². The molecule has 1 aliphatic rings. The van der Waals surface area contributed by atoms with Crippen molar-refractivity contribution in [3.63, 3.8) is 0 Å². The topological polar surface area (TPSA) is 53.2 Å². The number of anilines is 1. The quantitative estimate of drug-likeness (QED) is 0.686. The Bertz CT molecular complexity index is 906. The van der Waals surface area contributed by atoms with E-state index in [1.165, 1.54) is 0 Å². The number of hydrogen-bond donors (Lipinski definition) is 3. The summed E-state index contributed by atoms with van der Waals surface area (Å²) in [5.41, 5.74) is 5.22. The number of carbonyl (C=O) groups excluding carboxylic acids is 1. The van der Waals surface area contributed by atoms with Crippen molar-refractivity contribution >= 4 is 40.5 Å². The highest BCUT2D eigenvalue weighted by atomic mass is 35.5. The predicted molar refractivity (Wildman–Crippen MR) is 110 cm³/mol. The number of amides is 1. The third-order valence-corrected chi connectivity index (χ3v) is 4.82. The molecule has 0 spiro atoms. The molecule has 6 heteroatoms. The lowest BCUT2D eigenvalue weighted by Gasteiger charge is -2.30. The highest BCUT2D eigenvalue weighted by Gasteiger charge is 2.30. The van der Waals surface area contributed by atoms with Crippen molar-refractivity contribution in [2.75, 3.05) is 5.32 Å². The summed E-state index contributed by atoms with van der Waals surface area (Å²) < 4.78 is 0. The number of aryl methyl sites for hydroxylation is 2. The Morgan fingerprint density at radius 3 is 2.46 bits per heavy atom. The third kappa shape index (κ3) is 3.89. The summed E-state index contributed by atoms with van der Waals surface area (Å²) in [7, 11) is 0. The molecular formula is C20H20ClN3OS. The Balaban J connectivity index is 1.95. The van der Waals surface area contributed by atoms with Crippen molar-refractivity contribution in [3.05, 3.63) is 75.4 Å². The van der Waals surface area contributed by atoms with Crippen LogP contribution in [0.3, 0.4) is 0 Å². The normalized spacial score (nSPS) is 16.8. The van der Waals surface area contributed by atoms with Crippen LogP contribution in [0.25, 0.3) is 0 Å². The van der Waals surface area contributed by atoms with Crippen LogP contribution in [0.2, 0.25) is 5.02 Å². The molecule has 3 N–H and O–H groups in total. The number of allylic oxidation sites excluding steroid dienone is 1. The first-order chi connectivity index (χ1) is 12.3. The minimum absolute atomic E-state index is 0.170. The molecule has 0 bridgehead atoms. The van der Waals surface area contributed by atoms with Gasteiger partial charge in [0.05, 0.1) is 11.6 Å². The van der Waals surface area contributed by atoms with E-state index < -0.39 is 0 Å². The molecule has 0 fully saturated rings. The Hall–Kier alpha value is -2.37. The number of hydrogen-bond acceptors (Lipinski definition) is 2. The summed E-state index contributed by atoms with van der Waals surface area (Å²) in [6.45, 7) is 5.86. The Morgan fingerprint density at radius 2 is 1.81 bits per heavy atom. The van der Waals surface area contributed by atoms with Gasteiger partial charge < -0.3 is 16.0 Å². The fourth-order valence-electron chi connectivity index (χ4n) is 3.04. The zero-order chi connectivity index (χ0) is 18.8. The van der Waals surface area contributed by atoms with Crippen LogP contribution in [0.5, 0.6) is 0 Å². The molecule has 0 saturated heterocycles. The SMILES string of the molecule is CC1=C(C(=O)Nc2ccc(C)cc2C)[C@@H](c2ccc(Cl)cc2)NC(=S)N1. The van der Waals surface area contributed by atoms with Gasteiger partial charge in [-0.2, -0.15) is 0 Å². The smallest absolute Gasteiger partial charge is 0.255 e. The van der Waals surface area contributed by atoms with E-state index >= 15 is 0 Å². The van der Waals surface area contributed by atoms with E-state index in [1.807, 2.05) is 51.1 Å². The number of carbonyl (C=O) groups is 1. The maximum Gasteiger partial charge on any atom is 0.255 e. The fraction of sp³-hybridized carbons (Fsp3) is 0.200. The molecule has 1 heterocycles. The molecule has 26 heavy (non-hydrogen) atoms. The van der Waals surface area contributed by atoms with Gasteiger partial charge in [0, 0.05) is 16.4 Å². The molecule has 4 nitrogen and oxygen atoms in total. The summed E-state index contributed by atoms with van der Waals surface area (Å²) in [6.07, 6.45) is 0. The zero-order valence-electron chi connectivity index (χ0n) is 14.8. The highest BCUT2D eigenvalue weighted by Crippen LogP contribution is 2.29. The van der Waals surface area contributed by atoms with Gasteiger partial charge in [0.1, 0.15) is 0 Å². The lowest BCUT2D eigenvalue weighted by atomic mass is 9.95. The van der Waals surface area contributed by atoms with Gasteiger partial charge in [-0.15, -0.1) is 0 Å². The van der Waals surface area contributed by atoms with Crippen LogP contribution < -0.4 is 16.0 Å². The van der Waals surface area contributed by atoms with Crippen molar-refractivity contribution in [2.24, 2.45) is 0 Å². The fourth-order valence-corrected chi connectivity index (χ4v) is 3.44. The van der Waals surface area contributed by atoms with Gasteiger partial charge in [-0.05, 0) is 62.3 Å². The number of halogens is 1. The number of thiocarbonyl (C=S) groups is 1. The Kier molecular flexibility index (Phi) is 5.30. The molecule has 134 valence electrons. The molecule has 0 unspecified atom stereocenters. The third-order valence-electron chi connectivity index (χ3n) is 4.35. The predicted octanol–water partition coefficient (Wildman–Crippen LogP) is 4.39. The summed E-state index contributed by atoms with van der Waals surface area (Å²) in [6, 6.07) is 13.0. The van der Waals surface area contributed by atoms with Crippen LogP contribution in [0.1, 0.15) is 29.7 Å². The van der Waals surface area contributed by atoms with E-state index in [0.29, 0.717) is 15.7 Å². The van der Waals surface area contributed by atoms with Crippen molar-refractivity contribution in [3.8, 4) is 0 Å². The largest absolute Gasteiger partial charge is 0.351 e. The monoisotopic (exact) mass is 385 g/mol. The Morgan fingerprint density at radius 1 is 1.12 bits per heavy atom. The van der Waals surface area contributed by atoms with Gasteiger partial charge in [-0.1, -0.05) is 41.4 Å². The molecule has 1 aliphatic heterocycles. The van der Waals surface area contributed by atoms with Gasteiger partial charge in [-0.25, -0.2) is 0 Å². The molecule has 2 aromatic carbocycles. The van der Waals surface area contributed by atoms with Gasteiger partial charge in [0.25, 0.3) is 5.91 Å². The van der Waals surface area contributed by atoms with E-state index in [2.05, 4.69) is 16.0 Å². The van der Waals surface area contributed by atoms with Crippen LogP contribution in [0.4, 0.5) is 5.69 Å². The lowest BCUT2D eigenvalue weighted by Crippen LogP contribution is -2.45. The summed E-state index contributed by atoms with van der Waals surface area (Å²) in [5.74, 6) is -0.170. The molecule has 3 rings (SSSR count). The molecule has 0 aliphatic carbocycles. The zero-order valence-corrected chi connectivity index (χ0v) is 16.4. The summed E-state index contributed by atoms with van der Waals surface area (Å²) in [4.78, 5) is 13.1. The molecule has 2 aromatic rings. The van der Waals surface area contributed by atoms with Crippen LogP contribution >= 0.6 is 23.8 Å².